The number of thiazole rings is 1. The number of carbonyl (C=O) groups is 1. The van der Waals surface area contributed by atoms with Crippen molar-refractivity contribution >= 4 is 29.0 Å². The Morgan fingerprint density at radius 1 is 1.43 bits per heavy atom. The fourth-order valence-electron chi connectivity index (χ4n) is 3.16. The molecule has 6 heteroatoms. The molecule has 1 fully saturated rings. The Bertz CT molecular complexity index is 483. The number of rotatable bonds is 3. The normalized spacial score (nSPS) is 27.1. The lowest BCUT2D eigenvalue weighted by atomic mass is 10.1. The monoisotopic (exact) mass is 325 g/mol. The van der Waals surface area contributed by atoms with Gasteiger partial charge in [0.2, 0.25) is 5.91 Å². The van der Waals surface area contributed by atoms with Gasteiger partial charge < -0.3 is 10.2 Å². The van der Waals surface area contributed by atoms with Crippen LogP contribution in [0.5, 0.6) is 0 Å². The van der Waals surface area contributed by atoms with Crippen LogP contribution >= 0.6 is 23.1 Å². The second-order valence-corrected chi connectivity index (χ2v) is 8.06. The fourth-order valence-corrected chi connectivity index (χ4v) is 5.42. The highest BCUT2D eigenvalue weighted by Gasteiger charge is 2.32. The van der Waals surface area contributed by atoms with Gasteiger partial charge in [0.05, 0.1) is 16.1 Å². The van der Waals surface area contributed by atoms with Crippen molar-refractivity contribution in [3.63, 3.8) is 0 Å². The van der Waals surface area contributed by atoms with Crippen molar-refractivity contribution in [3.05, 3.63) is 16.1 Å². The molecule has 1 saturated heterocycles. The van der Waals surface area contributed by atoms with Crippen LogP contribution in [0, 0.1) is 0 Å². The summed E-state index contributed by atoms with van der Waals surface area (Å²) < 4.78 is 0. The summed E-state index contributed by atoms with van der Waals surface area (Å²) in [6.45, 7) is 1.71. The smallest absolute Gasteiger partial charge is 0.245 e. The predicted octanol–water partition coefficient (Wildman–Crippen LogP) is 2.46. The van der Waals surface area contributed by atoms with E-state index < -0.39 is 0 Å². The van der Waals surface area contributed by atoms with Crippen LogP contribution in [0.25, 0.3) is 0 Å². The average Bonchev–Trinajstić information content (AvgIpc) is 2.73. The van der Waals surface area contributed by atoms with Crippen LogP contribution in [-0.2, 0) is 11.2 Å². The highest BCUT2D eigenvalue weighted by molar-refractivity contribution is 7.99. The van der Waals surface area contributed by atoms with Gasteiger partial charge in [0.1, 0.15) is 6.04 Å². The highest BCUT2D eigenvalue weighted by Crippen LogP contribution is 2.30. The number of likely N-dealkylation sites (N-methyl/N-ethyl adjacent to an activating group) is 1. The lowest BCUT2D eigenvalue weighted by Crippen LogP contribution is -2.42. The average molecular weight is 326 g/mol. The summed E-state index contributed by atoms with van der Waals surface area (Å²) in [4.78, 5) is 20.4. The number of amides is 1. The molecule has 1 N–H and O–H groups in total. The number of aromatic nitrogens is 1. The van der Waals surface area contributed by atoms with E-state index in [-0.39, 0.29) is 11.9 Å². The molecule has 0 aromatic carbocycles. The fraction of sp³-hybridized carbons (Fsp3) is 0.733. The van der Waals surface area contributed by atoms with Crippen LogP contribution in [0.3, 0.4) is 0 Å². The molecule has 2 aliphatic heterocycles. The van der Waals surface area contributed by atoms with E-state index in [1.165, 1.54) is 31.4 Å². The molecule has 0 saturated carbocycles. The van der Waals surface area contributed by atoms with Crippen LogP contribution in [0.4, 0.5) is 0 Å². The van der Waals surface area contributed by atoms with E-state index in [9.17, 15) is 4.79 Å². The van der Waals surface area contributed by atoms with Crippen LogP contribution in [0.2, 0.25) is 0 Å². The summed E-state index contributed by atoms with van der Waals surface area (Å²) in [6, 6.07) is -0.203. The van der Waals surface area contributed by atoms with Gasteiger partial charge >= 0.3 is 0 Å². The number of carbonyl (C=O) groups excluding carboxylic acids is 1. The van der Waals surface area contributed by atoms with Gasteiger partial charge in [0.25, 0.3) is 0 Å². The largest absolute Gasteiger partial charge is 0.340 e. The number of fused-ring (bicyclic) bond motifs is 1. The first kappa shape index (κ1) is 15.3. The molecule has 2 atom stereocenters. The van der Waals surface area contributed by atoms with Gasteiger partial charge in [-0.15, -0.1) is 11.3 Å². The van der Waals surface area contributed by atoms with E-state index in [2.05, 4.69) is 27.0 Å². The van der Waals surface area contributed by atoms with Gasteiger partial charge in [-0.25, -0.2) is 4.98 Å². The number of thioether (sulfide) groups is 1. The van der Waals surface area contributed by atoms with E-state index in [0.717, 1.165) is 30.1 Å². The van der Waals surface area contributed by atoms with Crippen molar-refractivity contribution in [1.82, 2.24) is 15.2 Å². The molecule has 0 spiro atoms. The topological polar surface area (TPSA) is 45.2 Å². The summed E-state index contributed by atoms with van der Waals surface area (Å²) in [5.41, 5.74) is 2.96. The molecular weight excluding hydrogens is 302 g/mol. The minimum Gasteiger partial charge on any atom is -0.340 e. The first-order valence-electron chi connectivity index (χ1n) is 7.79. The molecule has 2 unspecified atom stereocenters. The number of nitrogens with zero attached hydrogens (tertiary/aromatic N) is 2. The van der Waals surface area contributed by atoms with Crippen molar-refractivity contribution in [2.24, 2.45) is 0 Å². The second-order valence-electron chi connectivity index (χ2n) is 5.76. The molecule has 2 aliphatic rings. The molecule has 4 nitrogen and oxygen atoms in total. The molecule has 1 amide bonds. The van der Waals surface area contributed by atoms with E-state index >= 15 is 0 Å². The van der Waals surface area contributed by atoms with E-state index in [1.807, 2.05) is 12.6 Å². The van der Waals surface area contributed by atoms with Crippen molar-refractivity contribution < 1.29 is 4.79 Å². The molecular formula is C15H23N3OS2. The summed E-state index contributed by atoms with van der Waals surface area (Å²) in [5, 5.41) is 3.80. The van der Waals surface area contributed by atoms with Crippen LogP contribution in [-0.4, -0.2) is 46.9 Å². The van der Waals surface area contributed by atoms with Crippen molar-refractivity contribution in [2.75, 3.05) is 25.9 Å². The SMILES string of the molecule is CNC1C(=O)N(CC2CCCCCS2)CCc2ncsc21. The van der Waals surface area contributed by atoms with E-state index in [0.29, 0.717) is 5.25 Å². The maximum absolute atomic E-state index is 12.8. The van der Waals surface area contributed by atoms with Gasteiger partial charge in [-0.2, -0.15) is 11.8 Å². The molecule has 0 bridgehead atoms. The third-order valence-corrected chi connectivity index (χ3v) is 6.67. The Balaban J connectivity index is 1.71. The van der Waals surface area contributed by atoms with Gasteiger partial charge in [-0.05, 0) is 25.6 Å². The van der Waals surface area contributed by atoms with E-state index in [4.69, 9.17) is 0 Å². The van der Waals surface area contributed by atoms with Gasteiger partial charge in [-0.1, -0.05) is 12.8 Å². The molecule has 116 valence electrons. The van der Waals surface area contributed by atoms with Gasteiger partial charge in [0.15, 0.2) is 0 Å². The Morgan fingerprint density at radius 2 is 2.33 bits per heavy atom. The number of nitrogens with one attached hydrogen (secondary N) is 1. The number of hydrogen-bond acceptors (Lipinski definition) is 5. The Hall–Kier alpha value is -0.590. The standard InChI is InChI=1S/C15H23N3OS2/c1-16-13-14-12(17-10-21-14)6-7-18(15(13)19)9-11-5-3-2-4-8-20-11/h10-11,13,16H,2-9H2,1H3. The molecule has 1 aromatic heterocycles. The predicted molar refractivity (Wildman–Crippen MR) is 88.9 cm³/mol. The van der Waals surface area contributed by atoms with E-state index in [1.54, 1.807) is 11.3 Å². The third-order valence-electron chi connectivity index (χ3n) is 4.35. The number of hydrogen-bond donors (Lipinski definition) is 1. The van der Waals surface area contributed by atoms with Crippen molar-refractivity contribution in [3.8, 4) is 0 Å². The Kier molecular flexibility index (Phi) is 5.19. The Morgan fingerprint density at radius 3 is 3.19 bits per heavy atom. The Labute approximate surface area is 134 Å². The zero-order valence-electron chi connectivity index (χ0n) is 12.5. The van der Waals surface area contributed by atoms with Crippen molar-refractivity contribution in [2.45, 2.75) is 43.4 Å². The molecule has 0 radical (unpaired) electrons. The summed E-state index contributed by atoms with van der Waals surface area (Å²) >= 11 is 3.65. The van der Waals surface area contributed by atoms with Crippen LogP contribution in [0.15, 0.2) is 5.51 Å². The van der Waals surface area contributed by atoms with Crippen LogP contribution in [0.1, 0.15) is 42.3 Å². The third kappa shape index (κ3) is 3.43. The molecule has 1 aromatic rings. The molecule has 21 heavy (non-hydrogen) atoms. The summed E-state index contributed by atoms with van der Waals surface area (Å²) in [5.74, 6) is 1.47. The summed E-state index contributed by atoms with van der Waals surface area (Å²) in [6.07, 6.45) is 6.12. The zero-order chi connectivity index (χ0) is 14.7. The molecule has 0 aliphatic carbocycles. The minimum absolute atomic E-state index is 0.203. The van der Waals surface area contributed by atoms with Crippen LogP contribution < -0.4 is 5.32 Å². The first-order valence-corrected chi connectivity index (χ1v) is 9.72. The maximum atomic E-state index is 12.8. The van der Waals surface area contributed by atoms with Gasteiger partial charge in [0, 0.05) is 24.8 Å². The maximum Gasteiger partial charge on any atom is 0.245 e. The van der Waals surface area contributed by atoms with Gasteiger partial charge in [-0.3, -0.25) is 4.79 Å². The molecule has 3 rings (SSSR count). The summed E-state index contributed by atoms with van der Waals surface area (Å²) in [7, 11) is 1.87. The van der Waals surface area contributed by atoms with Crippen molar-refractivity contribution in [1.29, 1.82) is 0 Å². The quantitative estimate of drug-likeness (QED) is 0.927. The first-order chi connectivity index (χ1) is 10.3. The minimum atomic E-state index is -0.203. The zero-order valence-corrected chi connectivity index (χ0v) is 14.1. The second kappa shape index (κ2) is 7.11. The molecule has 3 heterocycles. The lowest BCUT2D eigenvalue weighted by Gasteiger charge is -2.28. The lowest BCUT2D eigenvalue weighted by molar-refractivity contribution is -0.133. The highest BCUT2D eigenvalue weighted by atomic mass is 32.2.